The van der Waals surface area contributed by atoms with Crippen LogP contribution >= 0.6 is 0 Å². The lowest BCUT2D eigenvalue weighted by molar-refractivity contribution is 0.219. The van der Waals surface area contributed by atoms with Crippen molar-refractivity contribution in [2.45, 2.75) is 51.5 Å². The molecule has 0 radical (unpaired) electrons. The summed E-state index contributed by atoms with van der Waals surface area (Å²) in [5.41, 5.74) is 1.12. The van der Waals surface area contributed by atoms with Crippen LogP contribution in [0.15, 0.2) is 4.90 Å². The van der Waals surface area contributed by atoms with Crippen molar-refractivity contribution >= 4 is 10.0 Å². The van der Waals surface area contributed by atoms with Crippen molar-refractivity contribution in [2.24, 2.45) is 7.05 Å². The summed E-state index contributed by atoms with van der Waals surface area (Å²) in [6, 6.07) is -0.105. The van der Waals surface area contributed by atoms with Gasteiger partial charge in [0.25, 0.3) is 0 Å². The number of aliphatic hydroxyl groups excluding tert-OH is 1. The van der Waals surface area contributed by atoms with Crippen molar-refractivity contribution in [1.82, 2.24) is 14.1 Å². The maximum Gasteiger partial charge on any atom is 0.247 e. The van der Waals surface area contributed by atoms with Crippen LogP contribution in [0.2, 0.25) is 0 Å². The highest BCUT2D eigenvalue weighted by molar-refractivity contribution is 7.89. The highest BCUT2D eigenvalue weighted by atomic mass is 32.2. The highest BCUT2D eigenvalue weighted by Crippen LogP contribution is 2.26. The van der Waals surface area contributed by atoms with Gasteiger partial charge in [0.2, 0.25) is 10.0 Å². The Morgan fingerprint density at radius 3 is 2.20 bits per heavy atom. The van der Waals surface area contributed by atoms with E-state index in [1.165, 1.54) is 4.31 Å². The molecule has 6 nitrogen and oxygen atoms in total. The fourth-order valence-electron chi connectivity index (χ4n) is 2.54. The van der Waals surface area contributed by atoms with E-state index in [-0.39, 0.29) is 24.1 Å². The van der Waals surface area contributed by atoms with Gasteiger partial charge in [0.15, 0.2) is 0 Å². The summed E-state index contributed by atoms with van der Waals surface area (Å²) in [6.45, 7) is 7.28. The molecule has 0 atom stereocenters. The van der Waals surface area contributed by atoms with Gasteiger partial charge in [-0.15, -0.1) is 0 Å². The minimum atomic E-state index is -3.64. The molecule has 1 N–H and O–H groups in total. The van der Waals surface area contributed by atoms with Gasteiger partial charge in [0.1, 0.15) is 4.90 Å². The summed E-state index contributed by atoms with van der Waals surface area (Å²) in [7, 11) is -1.91. The summed E-state index contributed by atoms with van der Waals surface area (Å²) < 4.78 is 28.8. The van der Waals surface area contributed by atoms with E-state index in [0.717, 1.165) is 0 Å². The van der Waals surface area contributed by atoms with Gasteiger partial charge in [-0.3, -0.25) is 4.68 Å². The second-order valence-corrected chi connectivity index (χ2v) is 6.76. The number of rotatable bonds is 7. The number of hydrogen-bond donors (Lipinski definition) is 1. The molecule has 0 aliphatic carbocycles. The van der Waals surface area contributed by atoms with Crippen LogP contribution in [0, 0.1) is 13.8 Å². The van der Waals surface area contributed by atoms with E-state index in [0.29, 0.717) is 24.2 Å². The van der Waals surface area contributed by atoms with Crippen molar-refractivity contribution in [3.05, 3.63) is 11.4 Å². The molecule has 0 aliphatic rings. The van der Waals surface area contributed by atoms with Crippen molar-refractivity contribution in [3.63, 3.8) is 0 Å². The third kappa shape index (κ3) is 3.05. The minimum absolute atomic E-state index is 0.105. The molecule has 20 heavy (non-hydrogen) atoms. The van der Waals surface area contributed by atoms with Crippen LogP contribution < -0.4 is 0 Å². The molecule has 0 amide bonds. The largest absolute Gasteiger partial charge is 0.395 e. The lowest BCUT2D eigenvalue weighted by Gasteiger charge is -2.29. The van der Waals surface area contributed by atoms with Gasteiger partial charge in [-0.2, -0.15) is 9.40 Å². The van der Waals surface area contributed by atoms with Gasteiger partial charge in [-0.25, -0.2) is 8.42 Å². The van der Waals surface area contributed by atoms with Crippen LogP contribution in [0.25, 0.3) is 0 Å². The van der Waals surface area contributed by atoms with E-state index >= 15 is 0 Å². The van der Waals surface area contributed by atoms with Crippen molar-refractivity contribution in [2.75, 3.05) is 13.2 Å². The minimum Gasteiger partial charge on any atom is -0.395 e. The Bertz CT molecular complexity index is 547. The van der Waals surface area contributed by atoms with Crippen LogP contribution in [0.4, 0.5) is 0 Å². The smallest absolute Gasteiger partial charge is 0.247 e. The Kier molecular flexibility index (Phi) is 5.73. The molecule has 1 aromatic rings. The number of aryl methyl sites for hydroxylation is 2. The molecule has 0 saturated heterocycles. The molecule has 1 aromatic heterocycles. The van der Waals surface area contributed by atoms with Crippen LogP contribution in [0.3, 0.4) is 0 Å². The number of nitrogens with zero attached hydrogens (tertiary/aromatic N) is 3. The first kappa shape index (κ1) is 17.1. The Labute approximate surface area is 121 Å². The molecule has 0 fully saturated rings. The molecule has 1 rings (SSSR count). The fourth-order valence-corrected chi connectivity index (χ4v) is 4.70. The van der Waals surface area contributed by atoms with Crippen LogP contribution in [0.1, 0.15) is 38.1 Å². The van der Waals surface area contributed by atoms with Gasteiger partial charge in [-0.1, -0.05) is 13.8 Å². The Morgan fingerprint density at radius 1 is 1.30 bits per heavy atom. The van der Waals surface area contributed by atoms with E-state index in [1.54, 1.807) is 25.6 Å². The average molecular weight is 303 g/mol. The summed E-state index contributed by atoms with van der Waals surface area (Å²) in [4.78, 5) is 0.264. The third-order valence-corrected chi connectivity index (χ3v) is 5.88. The first-order valence-electron chi connectivity index (χ1n) is 6.94. The maximum atomic E-state index is 12.9. The van der Waals surface area contributed by atoms with Crippen LogP contribution in [0.5, 0.6) is 0 Å². The quantitative estimate of drug-likeness (QED) is 0.821. The topological polar surface area (TPSA) is 75.4 Å². The Morgan fingerprint density at radius 2 is 1.85 bits per heavy atom. The number of aliphatic hydroxyl groups is 1. The fraction of sp³-hybridized carbons (Fsp3) is 0.769. The molecule has 0 spiro atoms. The first-order chi connectivity index (χ1) is 9.31. The molecule has 0 bridgehead atoms. The summed E-state index contributed by atoms with van der Waals surface area (Å²) in [5.74, 6) is 0. The van der Waals surface area contributed by atoms with Gasteiger partial charge in [0, 0.05) is 19.6 Å². The molecular weight excluding hydrogens is 278 g/mol. The molecule has 0 saturated carbocycles. The molecule has 0 aliphatic heterocycles. The monoisotopic (exact) mass is 303 g/mol. The van der Waals surface area contributed by atoms with Crippen molar-refractivity contribution in [3.8, 4) is 0 Å². The van der Waals surface area contributed by atoms with E-state index in [9.17, 15) is 13.5 Å². The summed E-state index contributed by atoms with van der Waals surface area (Å²) >= 11 is 0. The maximum absolute atomic E-state index is 12.9. The van der Waals surface area contributed by atoms with Gasteiger partial charge in [-0.05, 0) is 26.7 Å². The van der Waals surface area contributed by atoms with E-state index in [4.69, 9.17) is 0 Å². The molecule has 7 heteroatoms. The zero-order valence-corrected chi connectivity index (χ0v) is 13.7. The standard InChI is InChI=1S/C13H25N3O3S/c1-6-12(7-2)16(8-9-17)20(18,19)13-10(3)14-15(5)11(13)4/h12,17H,6-9H2,1-5H3. The summed E-state index contributed by atoms with van der Waals surface area (Å²) in [6.07, 6.45) is 1.43. The molecular formula is C13H25N3O3S. The highest BCUT2D eigenvalue weighted by Gasteiger charge is 2.33. The van der Waals surface area contributed by atoms with Gasteiger partial charge >= 0.3 is 0 Å². The van der Waals surface area contributed by atoms with E-state index in [2.05, 4.69) is 5.10 Å². The molecule has 116 valence electrons. The Balaban J connectivity index is 3.36. The Hall–Kier alpha value is -0.920. The molecule has 1 heterocycles. The van der Waals surface area contributed by atoms with Crippen molar-refractivity contribution in [1.29, 1.82) is 0 Å². The number of hydrogen-bond acceptors (Lipinski definition) is 4. The van der Waals surface area contributed by atoms with Gasteiger partial charge in [0.05, 0.1) is 18.0 Å². The normalized spacial score (nSPS) is 12.6. The molecule has 0 unspecified atom stereocenters. The van der Waals surface area contributed by atoms with Crippen LogP contribution in [-0.2, 0) is 17.1 Å². The predicted molar refractivity (Wildman–Crippen MR) is 78.0 cm³/mol. The number of sulfonamides is 1. The SMILES string of the molecule is CCC(CC)N(CCO)S(=O)(=O)c1c(C)nn(C)c1C. The molecule has 0 aromatic carbocycles. The van der Waals surface area contributed by atoms with Crippen molar-refractivity contribution < 1.29 is 13.5 Å². The van der Waals surface area contributed by atoms with E-state index in [1.807, 2.05) is 13.8 Å². The average Bonchev–Trinajstić information content (AvgIpc) is 2.63. The second-order valence-electron chi connectivity index (χ2n) is 4.93. The van der Waals surface area contributed by atoms with Gasteiger partial charge < -0.3 is 5.11 Å². The zero-order chi connectivity index (χ0) is 15.5. The lowest BCUT2D eigenvalue weighted by Crippen LogP contribution is -2.41. The summed E-state index contributed by atoms with van der Waals surface area (Å²) in [5, 5.41) is 13.4. The lowest BCUT2D eigenvalue weighted by atomic mass is 10.2. The zero-order valence-electron chi connectivity index (χ0n) is 12.9. The van der Waals surface area contributed by atoms with E-state index < -0.39 is 10.0 Å². The third-order valence-electron chi connectivity index (χ3n) is 3.68. The first-order valence-corrected chi connectivity index (χ1v) is 8.38. The van der Waals surface area contributed by atoms with Crippen LogP contribution in [-0.4, -0.2) is 46.8 Å². The second kappa shape index (κ2) is 6.69. The predicted octanol–water partition coefficient (Wildman–Crippen LogP) is 1.21. The number of aromatic nitrogens is 2.